The fraction of sp³-hybridized carbons (Fsp3) is 0.621. The molecule has 0 radical (unpaired) electrons. The van der Waals surface area contributed by atoms with Crippen molar-refractivity contribution in [3.63, 3.8) is 0 Å². The van der Waals surface area contributed by atoms with Gasteiger partial charge in [-0.25, -0.2) is 14.4 Å². The normalized spacial score (nSPS) is 21.4. The molecule has 4 rings (SSSR count). The Labute approximate surface area is 225 Å². The van der Waals surface area contributed by atoms with Gasteiger partial charge in [-0.15, -0.1) is 0 Å². The van der Waals surface area contributed by atoms with Gasteiger partial charge in [-0.3, -0.25) is 0 Å². The van der Waals surface area contributed by atoms with Gasteiger partial charge >= 0.3 is 0 Å². The van der Waals surface area contributed by atoms with Gasteiger partial charge in [0.15, 0.2) is 5.82 Å². The van der Waals surface area contributed by atoms with Gasteiger partial charge in [0.1, 0.15) is 11.6 Å². The summed E-state index contributed by atoms with van der Waals surface area (Å²) in [7, 11) is 0. The second-order valence-electron chi connectivity index (χ2n) is 11.4. The number of anilines is 2. The molecule has 0 amide bonds. The van der Waals surface area contributed by atoms with Crippen molar-refractivity contribution in [3.05, 3.63) is 36.3 Å². The molecule has 1 saturated carbocycles. The smallest absolute Gasteiger partial charge is 0.151 e. The van der Waals surface area contributed by atoms with Crippen molar-refractivity contribution in [2.75, 3.05) is 43.5 Å². The Balaban J connectivity index is 1.31. The molecule has 2 aromatic heterocycles. The third kappa shape index (κ3) is 8.10. The molecule has 0 spiro atoms. The Bertz CT molecular complexity index is 1090. The third-order valence-corrected chi connectivity index (χ3v) is 7.32. The van der Waals surface area contributed by atoms with E-state index in [4.69, 9.17) is 9.47 Å². The molecule has 206 valence electrons. The highest BCUT2D eigenvalue weighted by Crippen LogP contribution is 2.31. The van der Waals surface area contributed by atoms with Gasteiger partial charge in [0.05, 0.1) is 35.6 Å². The minimum atomic E-state index is -0.469. The molecule has 0 atom stereocenters. The van der Waals surface area contributed by atoms with E-state index in [0.717, 1.165) is 32.2 Å². The van der Waals surface area contributed by atoms with Crippen LogP contribution in [-0.2, 0) is 9.47 Å². The number of nitriles is 1. The summed E-state index contributed by atoms with van der Waals surface area (Å²) >= 11 is 0. The van der Waals surface area contributed by atoms with E-state index in [9.17, 15) is 9.65 Å². The van der Waals surface area contributed by atoms with E-state index in [1.54, 1.807) is 12.1 Å². The van der Waals surface area contributed by atoms with E-state index in [-0.39, 0.29) is 5.60 Å². The maximum atomic E-state index is 14.8. The molecule has 8 nitrogen and oxygen atoms in total. The summed E-state index contributed by atoms with van der Waals surface area (Å²) in [5, 5.41) is 20.1. The average molecular weight is 525 g/mol. The minimum absolute atomic E-state index is 0.109. The van der Waals surface area contributed by atoms with Crippen molar-refractivity contribution in [2.24, 2.45) is 5.41 Å². The van der Waals surface area contributed by atoms with Crippen LogP contribution >= 0.6 is 0 Å². The van der Waals surface area contributed by atoms with Crippen molar-refractivity contribution >= 4 is 11.6 Å². The number of halogens is 1. The van der Waals surface area contributed by atoms with Gasteiger partial charge in [0.25, 0.3) is 0 Å². The Morgan fingerprint density at radius 1 is 1.13 bits per heavy atom. The Morgan fingerprint density at radius 2 is 1.87 bits per heavy atom. The SMILES string of the molecule is CC(C)(C)OCCNC1CCC(Nc2cc(-c3cccc(NCC4(C#N)CCOCC4)n3)c(F)cn2)CC1. The number of aromatic nitrogens is 2. The van der Waals surface area contributed by atoms with E-state index in [0.29, 0.717) is 74.2 Å². The Morgan fingerprint density at radius 3 is 2.58 bits per heavy atom. The molecular formula is C29H41FN6O2. The average Bonchev–Trinajstić information content (AvgIpc) is 2.92. The standard InChI is InChI=1S/C29H41FN6O2/c1-28(2,3)38-16-13-32-21-7-9-22(10-8-21)35-27-17-23(24(30)18-33-27)25-5-4-6-26(36-25)34-20-29(19-31)11-14-37-15-12-29/h4-6,17-18,21-22,32H,7-16,20H2,1-3H3,(H,33,35)(H,34,36). The molecular weight excluding hydrogens is 483 g/mol. The minimum Gasteiger partial charge on any atom is -0.381 e. The van der Waals surface area contributed by atoms with E-state index >= 15 is 0 Å². The molecule has 3 heterocycles. The van der Waals surface area contributed by atoms with Crippen LogP contribution in [0.15, 0.2) is 30.5 Å². The van der Waals surface area contributed by atoms with E-state index < -0.39 is 11.2 Å². The summed E-state index contributed by atoms with van der Waals surface area (Å²) in [6, 6.07) is 10.5. The monoisotopic (exact) mass is 524 g/mol. The first-order chi connectivity index (χ1) is 18.3. The Hall–Kier alpha value is -2.80. The van der Waals surface area contributed by atoms with Gasteiger partial charge in [-0.2, -0.15) is 5.26 Å². The lowest BCUT2D eigenvalue weighted by Gasteiger charge is -2.31. The summed E-state index contributed by atoms with van der Waals surface area (Å²) in [5.41, 5.74) is 0.356. The molecule has 0 bridgehead atoms. The number of pyridine rings is 2. The second kappa shape index (κ2) is 12.8. The molecule has 2 aliphatic rings. The fourth-order valence-corrected chi connectivity index (χ4v) is 5.02. The van der Waals surface area contributed by atoms with Gasteiger partial charge in [-0.05, 0) is 77.5 Å². The first-order valence-corrected chi connectivity index (χ1v) is 13.7. The maximum absolute atomic E-state index is 14.8. The van der Waals surface area contributed by atoms with E-state index in [2.05, 4.69) is 52.8 Å². The molecule has 1 saturated heterocycles. The molecule has 0 unspecified atom stereocenters. The first-order valence-electron chi connectivity index (χ1n) is 13.7. The van der Waals surface area contributed by atoms with Crippen LogP contribution in [0.2, 0.25) is 0 Å². The largest absolute Gasteiger partial charge is 0.381 e. The summed E-state index contributed by atoms with van der Waals surface area (Å²) in [6.07, 6.45) is 6.83. The van der Waals surface area contributed by atoms with Gasteiger partial charge in [-0.1, -0.05) is 6.07 Å². The zero-order chi connectivity index (χ0) is 27.0. The van der Waals surface area contributed by atoms with Crippen molar-refractivity contribution in [1.29, 1.82) is 5.26 Å². The number of nitrogens with zero attached hydrogens (tertiary/aromatic N) is 3. The van der Waals surface area contributed by atoms with Crippen molar-refractivity contribution < 1.29 is 13.9 Å². The van der Waals surface area contributed by atoms with Crippen molar-refractivity contribution in [3.8, 4) is 17.3 Å². The number of ether oxygens (including phenoxy) is 2. The van der Waals surface area contributed by atoms with Crippen LogP contribution in [-0.4, -0.2) is 60.6 Å². The van der Waals surface area contributed by atoms with Crippen LogP contribution in [0.4, 0.5) is 16.0 Å². The molecule has 1 aliphatic heterocycles. The summed E-state index contributed by atoms with van der Waals surface area (Å²) in [4.78, 5) is 8.93. The predicted molar refractivity (Wildman–Crippen MR) is 147 cm³/mol. The zero-order valence-electron chi connectivity index (χ0n) is 22.9. The lowest BCUT2D eigenvalue weighted by Crippen LogP contribution is -2.39. The van der Waals surface area contributed by atoms with Gasteiger partial charge in [0.2, 0.25) is 0 Å². The van der Waals surface area contributed by atoms with Crippen LogP contribution in [0.1, 0.15) is 59.3 Å². The zero-order valence-corrected chi connectivity index (χ0v) is 22.9. The summed E-state index contributed by atoms with van der Waals surface area (Å²) in [6.45, 7) is 9.44. The quantitative estimate of drug-likeness (QED) is 0.367. The molecule has 2 aromatic rings. The summed E-state index contributed by atoms with van der Waals surface area (Å²) in [5.74, 6) is 0.860. The lowest BCUT2D eigenvalue weighted by atomic mass is 9.82. The highest BCUT2D eigenvalue weighted by Gasteiger charge is 2.32. The van der Waals surface area contributed by atoms with Crippen molar-refractivity contribution in [2.45, 2.75) is 77.0 Å². The molecule has 9 heteroatoms. The van der Waals surface area contributed by atoms with E-state index in [1.165, 1.54) is 6.20 Å². The van der Waals surface area contributed by atoms with Gasteiger partial charge in [0, 0.05) is 44.0 Å². The van der Waals surface area contributed by atoms with Crippen LogP contribution in [0.3, 0.4) is 0 Å². The fourth-order valence-electron chi connectivity index (χ4n) is 5.02. The predicted octanol–water partition coefficient (Wildman–Crippen LogP) is 5.14. The van der Waals surface area contributed by atoms with Crippen LogP contribution in [0.5, 0.6) is 0 Å². The highest BCUT2D eigenvalue weighted by molar-refractivity contribution is 5.65. The molecule has 38 heavy (non-hydrogen) atoms. The van der Waals surface area contributed by atoms with Crippen LogP contribution in [0.25, 0.3) is 11.3 Å². The second-order valence-corrected chi connectivity index (χ2v) is 11.4. The highest BCUT2D eigenvalue weighted by atomic mass is 19.1. The number of nitrogens with one attached hydrogen (secondary N) is 3. The molecule has 0 aromatic carbocycles. The van der Waals surface area contributed by atoms with Gasteiger partial charge < -0.3 is 25.4 Å². The number of hydrogen-bond donors (Lipinski definition) is 3. The topological polar surface area (TPSA) is 104 Å². The number of rotatable bonds is 10. The lowest BCUT2D eigenvalue weighted by molar-refractivity contribution is -0.00198. The molecule has 1 aliphatic carbocycles. The van der Waals surface area contributed by atoms with Crippen molar-refractivity contribution in [1.82, 2.24) is 15.3 Å². The number of hydrogen-bond acceptors (Lipinski definition) is 8. The van der Waals surface area contributed by atoms with Crippen LogP contribution in [0, 0.1) is 22.6 Å². The molecule has 3 N–H and O–H groups in total. The molecule has 2 fully saturated rings. The maximum Gasteiger partial charge on any atom is 0.151 e. The Kier molecular flexibility index (Phi) is 9.53. The summed E-state index contributed by atoms with van der Waals surface area (Å²) < 4.78 is 26.0. The van der Waals surface area contributed by atoms with Crippen LogP contribution < -0.4 is 16.0 Å². The van der Waals surface area contributed by atoms with E-state index in [1.807, 2.05) is 12.1 Å². The third-order valence-electron chi connectivity index (χ3n) is 7.32. The first kappa shape index (κ1) is 28.2.